The van der Waals surface area contributed by atoms with Crippen LogP contribution in [0.1, 0.15) is 69.4 Å². The van der Waals surface area contributed by atoms with Crippen LogP contribution in [0.5, 0.6) is 0 Å². The minimum atomic E-state index is -4.75. The Hall–Kier alpha value is -4.07. The third-order valence-corrected chi connectivity index (χ3v) is 7.11. The molecule has 2 heterocycles. The Morgan fingerprint density at radius 2 is 1.77 bits per heavy atom. The quantitative estimate of drug-likeness (QED) is 0.0784. The fourth-order valence-electron chi connectivity index (χ4n) is 4.13. The van der Waals surface area contributed by atoms with Crippen molar-refractivity contribution in [2.75, 3.05) is 11.7 Å². The summed E-state index contributed by atoms with van der Waals surface area (Å²) in [5, 5.41) is 7.52. The summed E-state index contributed by atoms with van der Waals surface area (Å²) >= 11 is 0.398. The van der Waals surface area contributed by atoms with Gasteiger partial charge in [-0.05, 0) is 42.7 Å². The van der Waals surface area contributed by atoms with Gasteiger partial charge >= 0.3 is 24.2 Å². The van der Waals surface area contributed by atoms with Crippen LogP contribution in [-0.2, 0) is 31.7 Å². The number of esters is 1. The van der Waals surface area contributed by atoms with Crippen LogP contribution in [-0.4, -0.2) is 39.9 Å². The average molecular weight is 626 g/mol. The van der Waals surface area contributed by atoms with Crippen molar-refractivity contribution >= 4 is 40.2 Å². The van der Waals surface area contributed by atoms with E-state index in [1.165, 1.54) is 36.7 Å². The number of carboxylic acids is 1. The number of ether oxygens (including phenoxy) is 2. The van der Waals surface area contributed by atoms with E-state index in [0.717, 1.165) is 38.2 Å². The first-order valence-corrected chi connectivity index (χ1v) is 14.4. The van der Waals surface area contributed by atoms with E-state index in [1.54, 1.807) is 0 Å². The molecule has 0 aliphatic carbocycles. The summed E-state index contributed by atoms with van der Waals surface area (Å²) in [5.74, 6) is -2.21. The van der Waals surface area contributed by atoms with Crippen LogP contribution in [0, 0.1) is 5.13 Å². The van der Waals surface area contributed by atoms with E-state index in [9.17, 15) is 31.9 Å². The number of carbonyl (C=O) groups is 3. The molecule has 43 heavy (non-hydrogen) atoms. The van der Waals surface area contributed by atoms with E-state index in [2.05, 4.69) is 16.9 Å². The van der Waals surface area contributed by atoms with Gasteiger partial charge in [0.1, 0.15) is 5.69 Å². The van der Waals surface area contributed by atoms with E-state index < -0.39 is 54.5 Å². The number of anilines is 2. The summed E-state index contributed by atoms with van der Waals surface area (Å²) in [4.78, 5) is 44.2. The molecule has 0 saturated carbocycles. The summed E-state index contributed by atoms with van der Waals surface area (Å²) < 4.78 is 67.1. The topological polar surface area (TPSA) is 119 Å². The zero-order valence-corrected chi connectivity index (χ0v) is 24.2. The third kappa shape index (κ3) is 10.0. The van der Waals surface area contributed by atoms with Crippen molar-refractivity contribution in [3.05, 3.63) is 59.0 Å². The number of carbonyl (C=O) groups excluding carboxylic acids is 2. The monoisotopic (exact) mass is 625 g/mol. The number of alkyl halides is 3. The zero-order chi connectivity index (χ0) is 31.4. The number of aliphatic carboxylic acids is 1. The van der Waals surface area contributed by atoms with Crippen LogP contribution in [0.3, 0.4) is 0 Å². The number of hydrogen-bond donors (Lipinski definition) is 1. The first-order valence-electron chi connectivity index (χ1n) is 13.6. The summed E-state index contributed by atoms with van der Waals surface area (Å²) in [6.45, 7) is 1.12. The molecule has 9 nitrogen and oxygen atoms in total. The second kappa shape index (κ2) is 16.0. The van der Waals surface area contributed by atoms with E-state index in [1.807, 2.05) is 0 Å². The van der Waals surface area contributed by atoms with E-state index in [0.29, 0.717) is 22.7 Å². The maximum Gasteiger partial charge on any atom is 0.423 e. The summed E-state index contributed by atoms with van der Waals surface area (Å²) in [6.07, 6.45) is 1.30. The largest absolute Gasteiger partial charge is 0.481 e. The lowest BCUT2D eigenvalue weighted by molar-refractivity contribution is -0.154. The number of halogens is 4. The lowest BCUT2D eigenvalue weighted by Gasteiger charge is -2.22. The molecule has 232 valence electrons. The first-order chi connectivity index (χ1) is 20.5. The standard InChI is InChI=1S/C29H31F4N3O6S/c1-2-3-4-5-6-7-9-19-11-12-21(16-22(19)29(31,32)33)36(28(40)42-18-41-24(39)14-13-23(37)38)27-35-25(26(30)43-27)20-10-8-15-34-17-20/h8,10-12,15-17H,2-7,9,13-14,18H2,1H3,(H,37,38). The van der Waals surface area contributed by atoms with Gasteiger partial charge in [0.25, 0.3) is 0 Å². The number of nitrogens with zero attached hydrogens (tertiary/aromatic N) is 3. The van der Waals surface area contributed by atoms with Crippen molar-refractivity contribution in [2.45, 2.75) is 70.9 Å². The molecule has 14 heteroatoms. The lowest BCUT2D eigenvalue weighted by Crippen LogP contribution is -2.28. The highest BCUT2D eigenvalue weighted by atomic mass is 32.1. The van der Waals surface area contributed by atoms with Crippen LogP contribution < -0.4 is 4.90 Å². The minimum Gasteiger partial charge on any atom is -0.481 e. The zero-order valence-electron chi connectivity index (χ0n) is 23.4. The summed E-state index contributed by atoms with van der Waals surface area (Å²) in [7, 11) is 0. The Kier molecular flexibility index (Phi) is 12.4. The molecule has 0 fully saturated rings. The van der Waals surface area contributed by atoms with Crippen molar-refractivity contribution in [2.24, 2.45) is 0 Å². The van der Waals surface area contributed by atoms with Gasteiger partial charge in [-0.25, -0.2) is 14.7 Å². The van der Waals surface area contributed by atoms with Crippen LogP contribution in [0.2, 0.25) is 0 Å². The third-order valence-electron chi connectivity index (χ3n) is 6.29. The number of rotatable bonds is 15. The summed E-state index contributed by atoms with van der Waals surface area (Å²) in [6, 6.07) is 6.38. The van der Waals surface area contributed by atoms with Gasteiger partial charge in [0.05, 0.1) is 24.1 Å². The van der Waals surface area contributed by atoms with Gasteiger partial charge in [0, 0.05) is 18.0 Å². The number of pyridine rings is 1. The van der Waals surface area contributed by atoms with Crippen LogP contribution in [0.4, 0.5) is 33.2 Å². The molecule has 0 atom stereocenters. The van der Waals surface area contributed by atoms with Gasteiger partial charge in [-0.15, -0.1) is 0 Å². The van der Waals surface area contributed by atoms with Crippen molar-refractivity contribution < 1.29 is 46.5 Å². The number of unbranched alkanes of at least 4 members (excludes halogenated alkanes) is 5. The maximum atomic E-state index is 15.0. The van der Waals surface area contributed by atoms with Gasteiger partial charge in [-0.3, -0.25) is 14.6 Å². The number of hydrogen-bond acceptors (Lipinski definition) is 8. The summed E-state index contributed by atoms with van der Waals surface area (Å²) in [5.41, 5.74) is -1.11. The van der Waals surface area contributed by atoms with Crippen molar-refractivity contribution in [3.63, 3.8) is 0 Å². The Morgan fingerprint density at radius 1 is 1.02 bits per heavy atom. The molecule has 0 spiro atoms. The molecule has 0 radical (unpaired) electrons. The van der Waals surface area contributed by atoms with Gasteiger partial charge in [-0.2, -0.15) is 17.6 Å². The Labute approximate surface area is 249 Å². The van der Waals surface area contributed by atoms with Crippen LogP contribution in [0.15, 0.2) is 42.7 Å². The molecule has 0 bridgehead atoms. The number of aromatic nitrogens is 2. The molecule has 1 N–H and O–H groups in total. The second-order valence-corrected chi connectivity index (χ2v) is 10.4. The first kappa shape index (κ1) is 33.4. The van der Waals surface area contributed by atoms with Crippen molar-refractivity contribution in [1.82, 2.24) is 9.97 Å². The molecule has 0 aliphatic rings. The highest BCUT2D eigenvalue weighted by Crippen LogP contribution is 2.40. The molecule has 3 rings (SSSR count). The molecule has 3 aromatic rings. The second-order valence-electron chi connectivity index (χ2n) is 9.49. The molecular formula is C29H31F4N3O6S. The van der Waals surface area contributed by atoms with Gasteiger partial charge < -0.3 is 14.6 Å². The molecule has 2 aromatic heterocycles. The highest BCUT2D eigenvalue weighted by Gasteiger charge is 2.35. The molecule has 0 aliphatic heterocycles. The van der Waals surface area contributed by atoms with Crippen LogP contribution >= 0.6 is 11.3 Å². The molecule has 0 unspecified atom stereocenters. The van der Waals surface area contributed by atoms with Gasteiger partial charge in [-0.1, -0.05) is 56.4 Å². The normalized spacial score (nSPS) is 11.3. The number of amides is 1. The van der Waals surface area contributed by atoms with Crippen molar-refractivity contribution in [3.8, 4) is 11.3 Å². The Morgan fingerprint density at radius 3 is 2.44 bits per heavy atom. The average Bonchev–Trinajstić information content (AvgIpc) is 3.35. The smallest absolute Gasteiger partial charge is 0.423 e. The molecule has 0 saturated heterocycles. The number of carboxylic acid groups (broad SMARTS) is 1. The number of thiazole rings is 1. The number of benzene rings is 1. The van der Waals surface area contributed by atoms with E-state index >= 15 is 0 Å². The van der Waals surface area contributed by atoms with E-state index in [-0.39, 0.29) is 34.1 Å². The fraction of sp³-hybridized carbons (Fsp3) is 0.414. The number of aryl methyl sites for hydroxylation is 1. The maximum absolute atomic E-state index is 15.0. The molecule has 1 aromatic carbocycles. The van der Waals surface area contributed by atoms with Gasteiger partial charge in [0.15, 0.2) is 0 Å². The van der Waals surface area contributed by atoms with E-state index in [4.69, 9.17) is 14.6 Å². The van der Waals surface area contributed by atoms with Crippen molar-refractivity contribution in [1.29, 1.82) is 0 Å². The molecular weight excluding hydrogens is 594 g/mol. The SMILES string of the molecule is CCCCCCCCc1ccc(N(C(=O)OCOC(=O)CCC(=O)O)c2nc(-c3cccnc3)c(F)s2)cc1C(F)(F)F. The van der Waals surface area contributed by atoms with Crippen LogP contribution in [0.25, 0.3) is 11.3 Å². The Bertz CT molecular complexity index is 1380. The predicted octanol–water partition coefficient (Wildman–Crippen LogP) is 7.91. The predicted molar refractivity (Wildman–Crippen MR) is 150 cm³/mol. The highest BCUT2D eigenvalue weighted by molar-refractivity contribution is 7.14. The lowest BCUT2D eigenvalue weighted by atomic mass is 9.99. The minimum absolute atomic E-state index is 0.0498. The van der Waals surface area contributed by atoms with Gasteiger partial charge in [0.2, 0.25) is 17.1 Å². The Balaban J connectivity index is 1.91. The molecule has 1 amide bonds. The fourth-order valence-corrected chi connectivity index (χ4v) is 4.96.